The molecule has 0 radical (unpaired) electrons. The van der Waals surface area contributed by atoms with Crippen molar-refractivity contribution in [1.29, 1.82) is 0 Å². The van der Waals surface area contributed by atoms with Crippen LogP contribution in [0.2, 0.25) is 0 Å². The molecule has 0 N–H and O–H groups in total. The number of methoxy groups -OCH3 is 1. The van der Waals surface area contributed by atoms with Crippen molar-refractivity contribution in [2.24, 2.45) is 0 Å². The highest BCUT2D eigenvalue weighted by atomic mass is 16.5. The van der Waals surface area contributed by atoms with Crippen molar-refractivity contribution in [3.05, 3.63) is 59.9 Å². The molecule has 0 unspecified atom stereocenters. The molecule has 0 atom stereocenters. The number of aromatic nitrogens is 2. The topological polar surface area (TPSA) is 43.6 Å². The molecule has 0 aliphatic heterocycles. The molecule has 2 heterocycles. The van der Waals surface area contributed by atoms with Crippen LogP contribution in [0.4, 0.5) is 0 Å². The minimum absolute atomic E-state index is 0.353. The van der Waals surface area contributed by atoms with Crippen LogP contribution < -0.4 is 0 Å². The zero-order valence-corrected chi connectivity index (χ0v) is 11.3. The van der Waals surface area contributed by atoms with Gasteiger partial charge >= 0.3 is 5.97 Å². The Kier molecular flexibility index (Phi) is 2.99. The van der Waals surface area contributed by atoms with Crippen molar-refractivity contribution < 1.29 is 9.53 Å². The SMILES string of the molecule is COC(=O)c1ccccc1-c1cn2ccc(C)cc2n1. The van der Waals surface area contributed by atoms with Crippen LogP contribution in [-0.4, -0.2) is 22.5 Å². The smallest absolute Gasteiger partial charge is 0.338 e. The normalized spacial score (nSPS) is 10.7. The monoisotopic (exact) mass is 266 g/mol. The van der Waals surface area contributed by atoms with Crippen molar-refractivity contribution in [1.82, 2.24) is 9.38 Å². The second kappa shape index (κ2) is 4.81. The maximum Gasteiger partial charge on any atom is 0.338 e. The first-order chi connectivity index (χ1) is 9.69. The second-order valence-corrected chi connectivity index (χ2v) is 4.63. The van der Waals surface area contributed by atoms with Gasteiger partial charge in [-0.05, 0) is 30.7 Å². The number of carbonyl (C=O) groups is 1. The van der Waals surface area contributed by atoms with Gasteiger partial charge in [-0.1, -0.05) is 18.2 Å². The Balaban J connectivity index is 2.18. The van der Waals surface area contributed by atoms with Gasteiger partial charge in [-0.3, -0.25) is 0 Å². The molecular formula is C16H14N2O2. The summed E-state index contributed by atoms with van der Waals surface area (Å²) in [5.41, 5.74) is 4.07. The number of rotatable bonds is 2. The largest absolute Gasteiger partial charge is 0.465 e. The number of nitrogens with zero attached hydrogens (tertiary/aromatic N) is 2. The van der Waals surface area contributed by atoms with Gasteiger partial charge in [0.1, 0.15) is 5.65 Å². The van der Waals surface area contributed by atoms with Gasteiger partial charge < -0.3 is 9.14 Å². The highest BCUT2D eigenvalue weighted by molar-refractivity contribution is 5.96. The van der Waals surface area contributed by atoms with E-state index >= 15 is 0 Å². The van der Waals surface area contributed by atoms with Gasteiger partial charge in [-0.25, -0.2) is 9.78 Å². The van der Waals surface area contributed by atoms with E-state index in [0.29, 0.717) is 5.56 Å². The third kappa shape index (κ3) is 2.05. The van der Waals surface area contributed by atoms with Crippen molar-refractivity contribution >= 4 is 11.6 Å². The first-order valence-electron chi connectivity index (χ1n) is 6.32. The summed E-state index contributed by atoms with van der Waals surface area (Å²) in [6.07, 6.45) is 3.87. The minimum atomic E-state index is -0.353. The predicted molar refractivity (Wildman–Crippen MR) is 76.7 cm³/mol. The Hall–Kier alpha value is -2.62. The van der Waals surface area contributed by atoms with Gasteiger partial charge in [-0.2, -0.15) is 0 Å². The van der Waals surface area contributed by atoms with E-state index in [0.717, 1.165) is 22.5 Å². The molecular weight excluding hydrogens is 252 g/mol. The lowest BCUT2D eigenvalue weighted by molar-refractivity contribution is 0.0601. The second-order valence-electron chi connectivity index (χ2n) is 4.63. The summed E-state index contributed by atoms with van der Waals surface area (Å²) in [5, 5.41) is 0. The molecule has 100 valence electrons. The summed E-state index contributed by atoms with van der Waals surface area (Å²) in [6.45, 7) is 2.02. The quantitative estimate of drug-likeness (QED) is 0.669. The van der Waals surface area contributed by atoms with Gasteiger partial charge in [0, 0.05) is 18.0 Å². The first kappa shape index (κ1) is 12.4. The molecule has 0 amide bonds. The van der Waals surface area contributed by atoms with Crippen molar-refractivity contribution in [2.75, 3.05) is 7.11 Å². The summed E-state index contributed by atoms with van der Waals surface area (Å²) in [7, 11) is 1.38. The van der Waals surface area contributed by atoms with Crippen molar-refractivity contribution in [2.45, 2.75) is 6.92 Å². The predicted octanol–water partition coefficient (Wildman–Crippen LogP) is 3.10. The van der Waals surface area contributed by atoms with E-state index in [9.17, 15) is 4.79 Å². The van der Waals surface area contributed by atoms with E-state index in [4.69, 9.17) is 4.74 Å². The zero-order valence-electron chi connectivity index (χ0n) is 11.3. The van der Waals surface area contributed by atoms with Crippen molar-refractivity contribution in [3.63, 3.8) is 0 Å². The lowest BCUT2D eigenvalue weighted by Crippen LogP contribution is -2.03. The van der Waals surface area contributed by atoms with Gasteiger partial charge in [-0.15, -0.1) is 0 Å². The molecule has 0 fully saturated rings. The molecule has 0 spiro atoms. The fraction of sp³-hybridized carbons (Fsp3) is 0.125. The molecule has 0 saturated heterocycles. The number of imidazole rings is 1. The molecule has 20 heavy (non-hydrogen) atoms. The number of fused-ring (bicyclic) bond motifs is 1. The fourth-order valence-electron chi connectivity index (χ4n) is 2.21. The summed E-state index contributed by atoms with van der Waals surface area (Å²) >= 11 is 0. The van der Waals surface area contributed by atoms with Crippen LogP contribution in [0.15, 0.2) is 48.8 Å². The number of esters is 1. The molecule has 0 bridgehead atoms. The highest BCUT2D eigenvalue weighted by Gasteiger charge is 2.14. The lowest BCUT2D eigenvalue weighted by atomic mass is 10.1. The van der Waals surface area contributed by atoms with Gasteiger partial charge in [0.05, 0.1) is 18.4 Å². The van der Waals surface area contributed by atoms with Crippen LogP contribution in [0.5, 0.6) is 0 Å². The third-order valence-corrected chi connectivity index (χ3v) is 3.22. The number of carbonyl (C=O) groups excluding carboxylic acids is 1. The molecule has 0 aliphatic carbocycles. The maximum absolute atomic E-state index is 11.8. The van der Waals surface area contributed by atoms with Gasteiger partial charge in [0.25, 0.3) is 0 Å². The van der Waals surface area contributed by atoms with Gasteiger partial charge in [0.2, 0.25) is 0 Å². The summed E-state index contributed by atoms with van der Waals surface area (Å²) in [4.78, 5) is 16.4. The van der Waals surface area contributed by atoms with E-state index in [1.54, 1.807) is 6.07 Å². The maximum atomic E-state index is 11.8. The number of aryl methyl sites for hydroxylation is 1. The van der Waals surface area contributed by atoms with Crippen LogP contribution in [0.3, 0.4) is 0 Å². The Morgan fingerprint density at radius 3 is 2.85 bits per heavy atom. The standard InChI is InChI=1S/C16H14N2O2/c1-11-7-8-18-10-14(17-15(18)9-11)12-5-3-4-6-13(12)16(19)20-2/h3-10H,1-2H3. The Morgan fingerprint density at radius 2 is 2.05 bits per heavy atom. The molecule has 0 saturated carbocycles. The number of benzene rings is 1. The molecule has 4 heteroatoms. The lowest BCUT2D eigenvalue weighted by Gasteiger charge is -2.04. The zero-order chi connectivity index (χ0) is 14.1. The number of ether oxygens (including phenoxy) is 1. The third-order valence-electron chi connectivity index (χ3n) is 3.22. The van der Waals surface area contributed by atoms with E-state index in [-0.39, 0.29) is 5.97 Å². The van der Waals surface area contributed by atoms with E-state index in [1.165, 1.54) is 7.11 Å². The Morgan fingerprint density at radius 1 is 1.25 bits per heavy atom. The van der Waals surface area contributed by atoms with Crippen LogP contribution in [0.25, 0.3) is 16.9 Å². The van der Waals surface area contributed by atoms with Crippen molar-refractivity contribution in [3.8, 4) is 11.3 Å². The van der Waals surface area contributed by atoms with Crippen LogP contribution >= 0.6 is 0 Å². The molecule has 3 rings (SSSR count). The van der Waals surface area contributed by atoms with E-state index < -0.39 is 0 Å². The number of pyridine rings is 1. The molecule has 0 aliphatic rings. The average molecular weight is 266 g/mol. The molecule has 1 aromatic carbocycles. The van der Waals surface area contributed by atoms with Crippen LogP contribution in [0, 0.1) is 6.92 Å². The molecule has 2 aromatic heterocycles. The Bertz CT molecular complexity index is 790. The van der Waals surface area contributed by atoms with Crippen LogP contribution in [-0.2, 0) is 4.74 Å². The Labute approximate surface area is 116 Å². The fourth-order valence-corrected chi connectivity index (χ4v) is 2.21. The average Bonchev–Trinajstić information content (AvgIpc) is 2.89. The number of hydrogen-bond acceptors (Lipinski definition) is 3. The van der Waals surface area contributed by atoms with Gasteiger partial charge in [0.15, 0.2) is 0 Å². The first-order valence-corrected chi connectivity index (χ1v) is 6.32. The summed E-state index contributed by atoms with van der Waals surface area (Å²) in [5.74, 6) is -0.353. The summed E-state index contributed by atoms with van der Waals surface area (Å²) < 4.78 is 6.76. The van der Waals surface area contributed by atoms with Crippen LogP contribution in [0.1, 0.15) is 15.9 Å². The van der Waals surface area contributed by atoms with E-state index in [1.807, 2.05) is 54.0 Å². The molecule has 3 aromatic rings. The minimum Gasteiger partial charge on any atom is -0.465 e. The summed E-state index contributed by atoms with van der Waals surface area (Å²) in [6, 6.07) is 11.3. The molecule has 4 nitrogen and oxygen atoms in total. The number of hydrogen-bond donors (Lipinski definition) is 0. The van der Waals surface area contributed by atoms with E-state index in [2.05, 4.69) is 4.98 Å². The highest BCUT2D eigenvalue weighted by Crippen LogP contribution is 2.24.